The summed E-state index contributed by atoms with van der Waals surface area (Å²) in [4.78, 5) is 23.8. The zero-order chi connectivity index (χ0) is 22.4. The van der Waals surface area contributed by atoms with E-state index in [4.69, 9.17) is 15.2 Å². The molecule has 0 unspecified atom stereocenters. The predicted octanol–water partition coefficient (Wildman–Crippen LogP) is 2.90. The van der Waals surface area contributed by atoms with Gasteiger partial charge in [0.05, 0.1) is 6.61 Å². The highest BCUT2D eigenvalue weighted by Crippen LogP contribution is 2.52. The molecule has 4 heterocycles. The summed E-state index contributed by atoms with van der Waals surface area (Å²) >= 11 is 0. The first kappa shape index (κ1) is 19.8. The van der Waals surface area contributed by atoms with E-state index in [-0.39, 0.29) is 17.2 Å². The summed E-state index contributed by atoms with van der Waals surface area (Å²) < 4.78 is 12.6. The molecule has 4 bridgehead atoms. The van der Waals surface area contributed by atoms with Gasteiger partial charge in [-0.05, 0) is 36.2 Å². The number of nitrogens with zero attached hydrogens (tertiary/aromatic N) is 3. The van der Waals surface area contributed by atoms with Crippen LogP contribution in [0.15, 0.2) is 54.7 Å². The van der Waals surface area contributed by atoms with Crippen molar-refractivity contribution >= 4 is 17.7 Å². The summed E-state index contributed by atoms with van der Waals surface area (Å²) in [6.45, 7) is 2.34. The molecule has 8 nitrogen and oxygen atoms in total. The Hall–Kier alpha value is -3.81. The number of aryl methyl sites for hydroxylation is 1. The second-order valence-corrected chi connectivity index (χ2v) is 9.07. The molecule has 2 aromatic carbocycles. The largest absolute Gasteiger partial charge is 0.489 e. The number of benzene rings is 2. The van der Waals surface area contributed by atoms with Gasteiger partial charge in [0.15, 0.2) is 11.5 Å². The van der Waals surface area contributed by atoms with E-state index in [1.807, 2.05) is 36.4 Å². The molecule has 3 aromatic rings. The normalized spacial score (nSPS) is 23.7. The van der Waals surface area contributed by atoms with Crippen LogP contribution in [-0.2, 0) is 11.2 Å². The van der Waals surface area contributed by atoms with Gasteiger partial charge in [0.2, 0.25) is 11.9 Å². The van der Waals surface area contributed by atoms with Crippen molar-refractivity contribution in [2.45, 2.75) is 18.8 Å². The number of hydrogen-bond donors (Lipinski definition) is 2. The second-order valence-electron chi connectivity index (χ2n) is 9.07. The number of rotatable bonds is 1. The Morgan fingerprint density at radius 2 is 2.06 bits per heavy atom. The van der Waals surface area contributed by atoms with Gasteiger partial charge in [-0.2, -0.15) is 4.98 Å². The van der Waals surface area contributed by atoms with Crippen molar-refractivity contribution in [3.8, 4) is 17.2 Å². The Balaban J connectivity index is 1.44. The van der Waals surface area contributed by atoms with Gasteiger partial charge in [-0.1, -0.05) is 24.3 Å². The van der Waals surface area contributed by atoms with Crippen LogP contribution in [-0.4, -0.2) is 42.1 Å². The Bertz CT molecular complexity index is 1230. The highest BCUT2D eigenvalue weighted by molar-refractivity contribution is 5.76. The van der Waals surface area contributed by atoms with Gasteiger partial charge in [0.1, 0.15) is 11.6 Å². The summed E-state index contributed by atoms with van der Waals surface area (Å²) in [6, 6.07) is 15.6. The minimum absolute atomic E-state index is 0.0321. The molecular weight excluding hydrogens is 418 g/mol. The number of aromatic nitrogens is 2. The first-order valence-electron chi connectivity index (χ1n) is 11.2. The molecule has 3 N–H and O–H groups in total. The maximum Gasteiger partial charge on any atom is 0.227 e. The molecule has 1 aromatic heterocycles. The molecule has 1 spiro atoms. The molecular formula is C25H25N5O3. The zero-order valence-electron chi connectivity index (χ0n) is 18.2. The fraction of sp³-hybridized carbons (Fsp3) is 0.320. The summed E-state index contributed by atoms with van der Waals surface area (Å²) in [5, 5.41) is 3.19. The Kier molecular flexibility index (Phi) is 4.60. The monoisotopic (exact) mass is 443 g/mol. The third-order valence-electron chi connectivity index (χ3n) is 6.89. The molecule has 3 aliphatic heterocycles. The van der Waals surface area contributed by atoms with Crippen molar-refractivity contribution in [2.24, 2.45) is 5.41 Å². The van der Waals surface area contributed by atoms with Crippen molar-refractivity contribution < 1.29 is 14.3 Å². The van der Waals surface area contributed by atoms with Crippen molar-refractivity contribution in [1.82, 2.24) is 15.3 Å². The number of nitrogens with one attached hydrogen (secondary N) is 1. The van der Waals surface area contributed by atoms with Crippen LogP contribution in [0.1, 0.15) is 23.5 Å². The minimum atomic E-state index is -0.312. The van der Waals surface area contributed by atoms with Crippen LogP contribution >= 0.6 is 0 Å². The average Bonchev–Trinajstić information content (AvgIpc) is 3.22. The molecule has 6 rings (SSSR count). The molecule has 33 heavy (non-hydrogen) atoms. The summed E-state index contributed by atoms with van der Waals surface area (Å²) in [7, 11) is 0. The topological polar surface area (TPSA) is 103 Å². The number of fused-ring (bicyclic) bond motifs is 4. The predicted molar refractivity (Wildman–Crippen MR) is 124 cm³/mol. The van der Waals surface area contributed by atoms with Crippen LogP contribution in [0.4, 0.5) is 11.8 Å². The van der Waals surface area contributed by atoms with E-state index in [0.29, 0.717) is 56.6 Å². The van der Waals surface area contributed by atoms with E-state index in [0.717, 1.165) is 22.6 Å². The van der Waals surface area contributed by atoms with Crippen LogP contribution in [0.25, 0.3) is 0 Å². The maximum atomic E-state index is 12.7. The fourth-order valence-corrected chi connectivity index (χ4v) is 5.21. The van der Waals surface area contributed by atoms with E-state index in [1.165, 1.54) is 0 Å². The number of anilines is 2. The van der Waals surface area contributed by atoms with Crippen molar-refractivity contribution in [3.05, 3.63) is 65.9 Å². The van der Waals surface area contributed by atoms with Gasteiger partial charge in [0, 0.05) is 49.1 Å². The third kappa shape index (κ3) is 3.51. The van der Waals surface area contributed by atoms with Gasteiger partial charge in [-0.15, -0.1) is 0 Å². The number of carbonyl (C=O) groups is 1. The van der Waals surface area contributed by atoms with Gasteiger partial charge in [0.25, 0.3) is 0 Å². The molecule has 1 saturated heterocycles. The van der Waals surface area contributed by atoms with Crippen LogP contribution in [0.5, 0.6) is 17.2 Å². The molecule has 8 heteroatoms. The van der Waals surface area contributed by atoms with E-state index in [1.54, 1.807) is 12.3 Å². The zero-order valence-corrected chi connectivity index (χ0v) is 18.2. The van der Waals surface area contributed by atoms with Crippen LogP contribution < -0.4 is 25.4 Å². The average molecular weight is 444 g/mol. The highest BCUT2D eigenvalue weighted by atomic mass is 16.5. The fourth-order valence-electron chi connectivity index (χ4n) is 5.21. The molecule has 0 radical (unpaired) electrons. The van der Waals surface area contributed by atoms with Gasteiger partial charge in [-0.3, -0.25) is 4.79 Å². The van der Waals surface area contributed by atoms with Gasteiger partial charge in [-0.25, -0.2) is 4.98 Å². The Morgan fingerprint density at radius 1 is 1.15 bits per heavy atom. The number of ether oxygens (including phenoxy) is 2. The van der Waals surface area contributed by atoms with Gasteiger partial charge >= 0.3 is 0 Å². The summed E-state index contributed by atoms with van der Waals surface area (Å²) in [6.07, 6.45) is 2.75. The van der Waals surface area contributed by atoms with Crippen molar-refractivity contribution in [1.29, 1.82) is 0 Å². The summed E-state index contributed by atoms with van der Waals surface area (Å²) in [5.41, 5.74) is 7.75. The third-order valence-corrected chi connectivity index (χ3v) is 6.89. The first-order chi connectivity index (χ1) is 16.1. The van der Waals surface area contributed by atoms with Gasteiger partial charge < -0.3 is 25.4 Å². The molecule has 168 valence electrons. The van der Waals surface area contributed by atoms with Crippen molar-refractivity contribution in [2.75, 3.05) is 36.9 Å². The van der Waals surface area contributed by atoms with Crippen molar-refractivity contribution in [3.63, 3.8) is 0 Å². The second kappa shape index (κ2) is 7.65. The van der Waals surface area contributed by atoms with E-state index in [9.17, 15) is 4.79 Å². The van der Waals surface area contributed by atoms with Crippen LogP contribution in [0, 0.1) is 5.41 Å². The summed E-state index contributed by atoms with van der Waals surface area (Å²) in [5.74, 6) is 3.39. The Labute approximate surface area is 191 Å². The molecule has 0 aliphatic carbocycles. The quantitative estimate of drug-likeness (QED) is 0.596. The number of hydrogen-bond acceptors (Lipinski definition) is 7. The van der Waals surface area contributed by atoms with E-state index in [2.05, 4.69) is 26.3 Å². The molecule has 1 fully saturated rings. The van der Waals surface area contributed by atoms with Crippen LogP contribution in [0.3, 0.4) is 0 Å². The lowest BCUT2D eigenvalue weighted by atomic mass is 9.73. The smallest absolute Gasteiger partial charge is 0.227 e. The van der Waals surface area contributed by atoms with E-state index < -0.39 is 0 Å². The standard InChI is InChI=1S/C25H25N5O3/c26-21-9-10-27-24(29-21)30-12-19-18-5-2-6-20-23(18)32-15-25(19,14-30)13-28-22(31)8-7-16-3-1-4-17(11-16)33-20/h1-6,9-11,19H,7-8,12-15H2,(H,28,31)(H2,26,27,29)/t19-,25+/m1/s1. The SMILES string of the molecule is Nc1ccnc(N2C[C@@H]3c4cccc5c4OC[C@]3(CNC(=O)CCc3cccc(c3)O5)C2)n1. The molecule has 3 aliphatic rings. The highest BCUT2D eigenvalue weighted by Gasteiger charge is 2.52. The molecule has 1 amide bonds. The number of carbonyl (C=O) groups excluding carboxylic acids is 1. The lowest BCUT2D eigenvalue weighted by molar-refractivity contribution is -0.121. The Morgan fingerprint density at radius 3 is 2.97 bits per heavy atom. The first-order valence-corrected chi connectivity index (χ1v) is 11.2. The maximum absolute atomic E-state index is 12.7. The number of para-hydroxylation sites is 1. The minimum Gasteiger partial charge on any atom is -0.489 e. The number of nitrogens with two attached hydrogens (primary N) is 1. The number of amides is 1. The lowest BCUT2D eigenvalue weighted by Gasteiger charge is -2.39. The lowest BCUT2D eigenvalue weighted by Crippen LogP contribution is -2.48. The molecule has 2 atom stereocenters. The number of nitrogen functional groups attached to an aromatic ring is 1. The molecule has 0 saturated carbocycles. The van der Waals surface area contributed by atoms with E-state index >= 15 is 0 Å². The van der Waals surface area contributed by atoms with Crippen LogP contribution in [0.2, 0.25) is 0 Å².